The highest BCUT2D eigenvalue weighted by Crippen LogP contribution is 2.45. The van der Waals surface area contributed by atoms with Crippen LogP contribution in [0.1, 0.15) is 41.3 Å². The van der Waals surface area contributed by atoms with Gasteiger partial charge in [-0.3, -0.25) is 14.5 Å². The third-order valence-corrected chi connectivity index (χ3v) is 5.81. The van der Waals surface area contributed by atoms with Crippen LogP contribution in [-0.2, 0) is 20.9 Å². The second kappa shape index (κ2) is 7.48. The number of anilines is 1. The summed E-state index contributed by atoms with van der Waals surface area (Å²) in [7, 11) is 1.56. The maximum atomic E-state index is 13.5. The number of ether oxygens (including phenoxy) is 2. The molecule has 156 valence electrons. The highest BCUT2D eigenvalue weighted by molar-refractivity contribution is 6.15. The molecule has 2 aromatic carbocycles. The molecule has 1 saturated heterocycles. The molecule has 0 saturated carbocycles. The average molecular weight is 408 g/mol. The van der Waals surface area contributed by atoms with Crippen molar-refractivity contribution in [1.29, 1.82) is 0 Å². The summed E-state index contributed by atoms with van der Waals surface area (Å²) in [5.74, 6) is -0.466. The highest BCUT2D eigenvalue weighted by atomic mass is 16.5. The minimum atomic E-state index is -1.46. The van der Waals surface area contributed by atoms with E-state index in [9.17, 15) is 14.4 Å². The minimum Gasteiger partial charge on any atom is -0.496 e. The van der Waals surface area contributed by atoms with Gasteiger partial charge in [0.15, 0.2) is 0 Å². The van der Waals surface area contributed by atoms with E-state index in [4.69, 9.17) is 9.47 Å². The number of fused-ring (bicyclic) bond motifs is 3. The number of benzene rings is 2. The molecule has 4 rings (SSSR count). The normalized spacial score (nSPS) is 20.1. The SMILES string of the molecule is CCN1C(=O)c2ccccc2N2C(=O)CC[C@]12C(=O)OCc1cc(C)ccc1OC. The van der Waals surface area contributed by atoms with Crippen LogP contribution in [0.25, 0.3) is 0 Å². The smallest absolute Gasteiger partial charge is 0.354 e. The van der Waals surface area contributed by atoms with Gasteiger partial charge in [0, 0.05) is 24.9 Å². The quantitative estimate of drug-likeness (QED) is 0.711. The molecule has 2 aromatic rings. The summed E-state index contributed by atoms with van der Waals surface area (Å²) in [5.41, 5.74) is 1.14. The summed E-state index contributed by atoms with van der Waals surface area (Å²) < 4.78 is 11.1. The van der Waals surface area contributed by atoms with Crippen LogP contribution in [0.2, 0.25) is 0 Å². The zero-order valence-electron chi connectivity index (χ0n) is 17.3. The minimum absolute atomic E-state index is 0.0130. The number of hydrogen-bond donors (Lipinski definition) is 0. The molecule has 7 heteroatoms. The lowest BCUT2D eigenvalue weighted by Gasteiger charge is -2.48. The van der Waals surface area contributed by atoms with Crippen molar-refractivity contribution >= 4 is 23.5 Å². The predicted octanol–water partition coefficient (Wildman–Crippen LogP) is 3.05. The van der Waals surface area contributed by atoms with Gasteiger partial charge in [0.05, 0.1) is 18.4 Å². The molecule has 2 aliphatic rings. The van der Waals surface area contributed by atoms with E-state index >= 15 is 0 Å². The van der Waals surface area contributed by atoms with Crippen LogP contribution in [0.5, 0.6) is 5.75 Å². The predicted molar refractivity (Wildman–Crippen MR) is 110 cm³/mol. The van der Waals surface area contributed by atoms with Gasteiger partial charge >= 0.3 is 5.97 Å². The summed E-state index contributed by atoms with van der Waals surface area (Å²) in [6.07, 6.45) is 0.366. The zero-order valence-corrected chi connectivity index (χ0v) is 17.3. The van der Waals surface area contributed by atoms with Crippen LogP contribution >= 0.6 is 0 Å². The molecular weight excluding hydrogens is 384 g/mol. The van der Waals surface area contributed by atoms with Gasteiger partial charge in [-0.05, 0) is 38.1 Å². The third kappa shape index (κ3) is 2.84. The second-order valence-electron chi connectivity index (χ2n) is 7.50. The summed E-state index contributed by atoms with van der Waals surface area (Å²) in [6, 6.07) is 12.5. The lowest BCUT2D eigenvalue weighted by Crippen LogP contribution is -2.68. The summed E-state index contributed by atoms with van der Waals surface area (Å²) in [4.78, 5) is 42.4. The van der Waals surface area contributed by atoms with Gasteiger partial charge in [-0.25, -0.2) is 4.79 Å². The molecule has 0 N–H and O–H groups in total. The van der Waals surface area contributed by atoms with E-state index in [2.05, 4.69) is 0 Å². The van der Waals surface area contributed by atoms with E-state index in [1.807, 2.05) is 25.1 Å². The first kappa shape index (κ1) is 19.9. The zero-order chi connectivity index (χ0) is 21.5. The van der Waals surface area contributed by atoms with Gasteiger partial charge in [0.1, 0.15) is 12.4 Å². The Morgan fingerprint density at radius 1 is 1.17 bits per heavy atom. The van der Waals surface area contributed by atoms with Crippen LogP contribution in [0.3, 0.4) is 0 Å². The molecule has 1 fully saturated rings. The van der Waals surface area contributed by atoms with E-state index in [1.165, 1.54) is 9.80 Å². The first-order valence-electron chi connectivity index (χ1n) is 9.98. The topological polar surface area (TPSA) is 76.2 Å². The fourth-order valence-electron chi connectivity index (χ4n) is 4.45. The Hall–Kier alpha value is -3.35. The molecule has 0 aromatic heterocycles. The Morgan fingerprint density at radius 3 is 2.67 bits per heavy atom. The van der Waals surface area contributed by atoms with Crippen molar-refractivity contribution < 1.29 is 23.9 Å². The van der Waals surface area contributed by atoms with Crippen LogP contribution in [0.15, 0.2) is 42.5 Å². The Kier molecular flexibility index (Phi) is 4.97. The van der Waals surface area contributed by atoms with Gasteiger partial charge in [-0.15, -0.1) is 0 Å². The van der Waals surface area contributed by atoms with Crippen molar-refractivity contribution in [1.82, 2.24) is 4.90 Å². The fourth-order valence-corrected chi connectivity index (χ4v) is 4.45. The third-order valence-electron chi connectivity index (χ3n) is 5.81. The molecule has 0 bridgehead atoms. The first-order valence-corrected chi connectivity index (χ1v) is 9.98. The summed E-state index contributed by atoms with van der Waals surface area (Å²) in [5, 5.41) is 0. The Labute approximate surface area is 175 Å². The number of carbonyl (C=O) groups is 3. The Bertz CT molecular complexity index is 1030. The molecular formula is C23H24N2O5. The number of likely N-dealkylation sites (N-methyl/N-ethyl adjacent to an activating group) is 1. The molecule has 0 aliphatic carbocycles. The number of nitrogens with zero attached hydrogens (tertiary/aromatic N) is 2. The maximum Gasteiger partial charge on any atom is 0.354 e. The van der Waals surface area contributed by atoms with Crippen LogP contribution in [0.4, 0.5) is 5.69 Å². The number of aryl methyl sites for hydroxylation is 1. The molecule has 2 amide bonds. The first-order chi connectivity index (χ1) is 14.4. The Balaban J connectivity index is 1.72. The number of hydrogen-bond acceptors (Lipinski definition) is 5. The molecule has 2 aliphatic heterocycles. The van der Waals surface area contributed by atoms with Crippen LogP contribution in [-0.4, -0.2) is 42.0 Å². The largest absolute Gasteiger partial charge is 0.496 e. The van der Waals surface area contributed by atoms with E-state index in [0.29, 0.717) is 17.0 Å². The van der Waals surface area contributed by atoms with Crippen molar-refractivity contribution in [3.05, 3.63) is 59.2 Å². The van der Waals surface area contributed by atoms with Gasteiger partial charge in [0.2, 0.25) is 11.6 Å². The second-order valence-corrected chi connectivity index (χ2v) is 7.50. The van der Waals surface area contributed by atoms with Crippen molar-refractivity contribution in [2.75, 3.05) is 18.6 Å². The Morgan fingerprint density at radius 2 is 1.93 bits per heavy atom. The van der Waals surface area contributed by atoms with Gasteiger partial charge in [-0.2, -0.15) is 0 Å². The number of amides is 2. The van der Waals surface area contributed by atoms with Crippen molar-refractivity contribution in [3.8, 4) is 5.75 Å². The highest BCUT2D eigenvalue weighted by Gasteiger charge is 2.61. The number of methoxy groups -OCH3 is 1. The van der Waals surface area contributed by atoms with Crippen molar-refractivity contribution in [3.63, 3.8) is 0 Å². The molecule has 7 nitrogen and oxygen atoms in total. The van der Waals surface area contributed by atoms with E-state index in [0.717, 1.165) is 11.1 Å². The monoisotopic (exact) mass is 408 g/mol. The van der Waals surface area contributed by atoms with Crippen molar-refractivity contribution in [2.45, 2.75) is 39.0 Å². The van der Waals surface area contributed by atoms with Gasteiger partial charge < -0.3 is 14.4 Å². The van der Waals surface area contributed by atoms with Gasteiger partial charge in [-0.1, -0.05) is 23.8 Å². The van der Waals surface area contributed by atoms with E-state index in [-0.39, 0.29) is 37.8 Å². The molecule has 0 unspecified atom stereocenters. The molecule has 0 spiro atoms. The average Bonchev–Trinajstić information content (AvgIpc) is 3.11. The maximum absolute atomic E-state index is 13.5. The summed E-state index contributed by atoms with van der Waals surface area (Å²) in [6.45, 7) is 4.00. The molecule has 30 heavy (non-hydrogen) atoms. The summed E-state index contributed by atoms with van der Waals surface area (Å²) >= 11 is 0. The van der Waals surface area contributed by atoms with Gasteiger partial charge in [0.25, 0.3) is 5.91 Å². The lowest BCUT2D eigenvalue weighted by atomic mass is 9.96. The lowest BCUT2D eigenvalue weighted by molar-refractivity contribution is -0.158. The molecule has 1 atom stereocenters. The molecule has 2 heterocycles. The number of para-hydroxylation sites is 1. The fraction of sp³-hybridized carbons (Fsp3) is 0.348. The van der Waals surface area contributed by atoms with E-state index < -0.39 is 11.6 Å². The van der Waals surface area contributed by atoms with Crippen LogP contribution in [0, 0.1) is 6.92 Å². The molecule has 0 radical (unpaired) electrons. The number of esters is 1. The number of carbonyl (C=O) groups excluding carboxylic acids is 3. The van der Waals surface area contributed by atoms with Crippen molar-refractivity contribution in [2.24, 2.45) is 0 Å². The van der Waals surface area contributed by atoms with Crippen LogP contribution < -0.4 is 9.64 Å². The standard InChI is InChI=1S/C23H24N2O5/c1-4-24-21(27)17-7-5-6-8-18(17)25-20(26)11-12-23(24,25)22(28)30-14-16-13-15(2)9-10-19(16)29-3/h5-10,13H,4,11-12,14H2,1-3H3/t23-/m0/s1. The number of rotatable bonds is 5. The van der Waals surface area contributed by atoms with E-state index in [1.54, 1.807) is 38.3 Å².